The predicted octanol–water partition coefficient (Wildman–Crippen LogP) is 1.88. The van der Waals surface area contributed by atoms with Crippen LogP contribution >= 0.6 is 0 Å². The van der Waals surface area contributed by atoms with Crippen LogP contribution in [0.3, 0.4) is 0 Å². The second-order valence-electron chi connectivity index (χ2n) is 5.81. The van der Waals surface area contributed by atoms with Gasteiger partial charge in [0.2, 0.25) is 0 Å². The van der Waals surface area contributed by atoms with Crippen molar-refractivity contribution in [3.63, 3.8) is 0 Å². The molecule has 0 radical (unpaired) electrons. The zero-order valence-corrected chi connectivity index (χ0v) is 14.3. The third kappa shape index (κ3) is 3.74. The molecule has 1 aromatic rings. The third-order valence-corrected chi connectivity index (χ3v) is 4.33. The van der Waals surface area contributed by atoms with E-state index in [0.717, 1.165) is 5.56 Å². The van der Waals surface area contributed by atoms with Gasteiger partial charge in [0.05, 0.1) is 19.8 Å². The van der Waals surface area contributed by atoms with Crippen LogP contribution in [0.5, 0.6) is 0 Å². The maximum absolute atomic E-state index is 11.8. The van der Waals surface area contributed by atoms with E-state index < -0.39 is 43.0 Å². The van der Waals surface area contributed by atoms with Crippen LogP contribution in [0.1, 0.15) is 11.9 Å². The molecule has 2 aliphatic heterocycles. The standard InChI is InChI=1S/C16H20N4O6/c1-22-15-12(19-20-17)11(18-16(21)23-2)13-10(25-15)8-24-14(26-13)9-6-4-3-5-7-9/h3-7,10-15H,8H2,1-2H3,(H,18,21)/t10-,11+,12+,13-,14-,15+/m1/s1. The van der Waals surface area contributed by atoms with Crippen LogP contribution in [0.25, 0.3) is 10.4 Å². The van der Waals surface area contributed by atoms with Crippen LogP contribution < -0.4 is 5.32 Å². The highest BCUT2D eigenvalue weighted by atomic mass is 16.7. The normalized spacial score (nSPS) is 33.5. The molecule has 140 valence electrons. The first-order valence-corrected chi connectivity index (χ1v) is 8.07. The van der Waals surface area contributed by atoms with Gasteiger partial charge in [0, 0.05) is 17.6 Å². The molecule has 10 heteroatoms. The second kappa shape index (κ2) is 8.35. The van der Waals surface area contributed by atoms with Crippen LogP contribution in [0.15, 0.2) is 35.4 Å². The summed E-state index contributed by atoms with van der Waals surface area (Å²) in [7, 11) is 2.68. The van der Waals surface area contributed by atoms with Gasteiger partial charge < -0.3 is 29.0 Å². The summed E-state index contributed by atoms with van der Waals surface area (Å²) in [6.07, 6.45) is -3.28. The summed E-state index contributed by atoms with van der Waals surface area (Å²) in [5.74, 6) is 0. The Morgan fingerprint density at radius 2 is 2.08 bits per heavy atom. The Balaban J connectivity index is 1.87. The van der Waals surface area contributed by atoms with Crippen molar-refractivity contribution in [1.29, 1.82) is 0 Å². The molecule has 10 nitrogen and oxygen atoms in total. The summed E-state index contributed by atoms with van der Waals surface area (Å²) >= 11 is 0. The number of hydrogen-bond acceptors (Lipinski definition) is 7. The Morgan fingerprint density at radius 3 is 2.73 bits per heavy atom. The van der Waals surface area contributed by atoms with E-state index in [2.05, 4.69) is 20.1 Å². The first-order valence-electron chi connectivity index (χ1n) is 8.07. The number of carbonyl (C=O) groups excluding carboxylic acids is 1. The molecule has 2 heterocycles. The molecule has 6 atom stereocenters. The van der Waals surface area contributed by atoms with Crippen molar-refractivity contribution in [3.8, 4) is 0 Å². The summed E-state index contributed by atoms with van der Waals surface area (Å²) in [6, 6.07) is 7.85. The van der Waals surface area contributed by atoms with Crippen molar-refractivity contribution in [3.05, 3.63) is 46.3 Å². The summed E-state index contributed by atoms with van der Waals surface area (Å²) in [5.41, 5.74) is 9.74. The van der Waals surface area contributed by atoms with Gasteiger partial charge in [-0.25, -0.2) is 4.79 Å². The Kier molecular flexibility index (Phi) is 5.92. The second-order valence-corrected chi connectivity index (χ2v) is 5.81. The number of alkyl carbamates (subject to hydrolysis) is 1. The molecule has 0 aliphatic carbocycles. The molecule has 1 N–H and O–H groups in total. The molecule has 1 amide bonds. The fourth-order valence-electron chi connectivity index (χ4n) is 3.12. The van der Waals surface area contributed by atoms with Crippen LogP contribution in [-0.2, 0) is 23.7 Å². The van der Waals surface area contributed by atoms with E-state index in [0.29, 0.717) is 0 Å². The highest BCUT2D eigenvalue weighted by Gasteiger charge is 2.50. The number of amides is 1. The van der Waals surface area contributed by atoms with Gasteiger partial charge in [-0.3, -0.25) is 0 Å². The minimum Gasteiger partial charge on any atom is -0.453 e. The predicted molar refractivity (Wildman–Crippen MR) is 87.9 cm³/mol. The van der Waals surface area contributed by atoms with E-state index >= 15 is 0 Å². The summed E-state index contributed by atoms with van der Waals surface area (Å²) in [5, 5.41) is 6.41. The molecule has 0 saturated carbocycles. The van der Waals surface area contributed by atoms with Crippen molar-refractivity contribution in [1.82, 2.24) is 5.32 Å². The average Bonchev–Trinajstić information content (AvgIpc) is 2.69. The third-order valence-electron chi connectivity index (χ3n) is 4.33. The minimum absolute atomic E-state index is 0.229. The van der Waals surface area contributed by atoms with E-state index in [4.69, 9.17) is 24.5 Å². The molecule has 2 aliphatic rings. The van der Waals surface area contributed by atoms with Gasteiger partial charge in [-0.1, -0.05) is 35.4 Å². The summed E-state index contributed by atoms with van der Waals surface area (Å²) in [4.78, 5) is 14.7. The van der Waals surface area contributed by atoms with Gasteiger partial charge >= 0.3 is 6.09 Å². The number of nitrogens with zero attached hydrogens (tertiary/aromatic N) is 3. The van der Waals surface area contributed by atoms with E-state index in [1.165, 1.54) is 14.2 Å². The number of rotatable bonds is 4. The van der Waals surface area contributed by atoms with Crippen molar-refractivity contribution in [2.75, 3.05) is 20.8 Å². The van der Waals surface area contributed by atoms with Gasteiger partial charge in [0.15, 0.2) is 12.6 Å². The van der Waals surface area contributed by atoms with Crippen LogP contribution in [-0.4, -0.2) is 57.5 Å². The molecule has 0 spiro atoms. The van der Waals surface area contributed by atoms with E-state index in [1.54, 1.807) is 0 Å². The molecule has 2 fully saturated rings. The zero-order chi connectivity index (χ0) is 18.5. The highest BCUT2D eigenvalue weighted by molar-refractivity contribution is 5.67. The highest BCUT2D eigenvalue weighted by Crippen LogP contribution is 2.35. The number of methoxy groups -OCH3 is 2. The minimum atomic E-state index is -0.852. The Morgan fingerprint density at radius 1 is 1.31 bits per heavy atom. The lowest BCUT2D eigenvalue weighted by molar-refractivity contribution is -0.323. The SMILES string of the molecule is COC(=O)N[C@H]1[C@H](N=[N+]=[N-])[C@@H](OC)O[C@@H]2CO[C@@H](c3ccccc3)O[C@@H]12. The Labute approximate surface area is 149 Å². The molecule has 0 unspecified atom stereocenters. The Bertz CT molecular complexity index is 668. The maximum atomic E-state index is 11.8. The molecule has 3 rings (SSSR count). The quantitative estimate of drug-likeness (QED) is 0.494. The first-order chi connectivity index (χ1) is 12.7. The van der Waals surface area contributed by atoms with Crippen LogP contribution in [0.4, 0.5) is 4.79 Å². The number of nitrogens with one attached hydrogen (secondary N) is 1. The first kappa shape index (κ1) is 18.4. The van der Waals surface area contributed by atoms with Crippen molar-refractivity contribution < 1.29 is 28.5 Å². The Hall–Kier alpha value is -2.36. The number of hydrogen-bond donors (Lipinski definition) is 1. The smallest absolute Gasteiger partial charge is 0.407 e. The van der Waals surface area contributed by atoms with Gasteiger partial charge in [0.1, 0.15) is 18.2 Å². The summed E-state index contributed by atoms with van der Waals surface area (Å²) < 4.78 is 27.6. The monoisotopic (exact) mass is 364 g/mol. The van der Waals surface area contributed by atoms with E-state index in [1.807, 2.05) is 30.3 Å². The maximum Gasteiger partial charge on any atom is 0.407 e. The van der Waals surface area contributed by atoms with Crippen LogP contribution in [0.2, 0.25) is 0 Å². The number of fused-ring (bicyclic) bond motifs is 1. The molecular weight excluding hydrogens is 344 g/mol. The molecule has 2 saturated heterocycles. The van der Waals surface area contributed by atoms with Gasteiger partial charge in [-0.05, 0) is 5.53 Å². The molecule has 0 aromatic heterocycles. The van der Waals surface area contributed by atoms with Crippen LogP contribution in [0, 0.1) is 0 Å². The molecule has 26 heavy (non-hydrogen) atoms. The summed E-state index contributed by atoms with van der Waals surface area (Å²) in [6.45, 7) is 0.229. The topological polar surface area (TPSA) is 124 Å². The van der Waals surface area contributed by atoms with Crippen molar-refractivity contribution in [2.45, 2.75) is 36.9 Å². The number of azide groups is 1. The largest absolute Gasteiger partial charge is 0.453 e. The molecule has 0 bridgehead atoms. The van der Waals surface area contributed by atoms with Gasteiger partial charge in [-0.15, -0.1) is 0 Å². The lowest BCUT2D eigenvalue weighted by Crippen LogP contribution is -2.66. The fourth-order valence-corrected chi connectivity index (χ4v) is 3.12. The number of carbonyl (C=O) groups is 1. The zero-order valence-electron chi connectivity index (χ0n) is 14.3. The lowest BCUT2D eigenvalue weighted by Gasteiger charge is -2.48. The van der Waals surface area contributed by atoms with E-state index in [9.17, 15) is 4.79 Å². The van der Waals surface area contributed by atoms with Crippen molar-refractivity contribution >= 4 is 6.09 Å². The van der Waals surface area contributed by atoms with E-state index in [-0.39, 0.29) is 6.61 Å². The van der Waals surface area contributed by atoms with Gasteiger partial charge in [-0.2, -0.15) is 0 Å². The number of benzene rings is 1. The van der Waals surface area contributed by atoms with Gasteiger partial charge in [0.25, 0.3) is 0 Å². The lowest BCUT2D eigenvalue weighted by atomic mass is 9.93. The fraction of sp³-hybridized carbons (Fsp3) is 0.562. The molecule has 1 aromatic carbocycles. The van der Waals surface area contributed by atoms with Crippen molar-refractivity contribution in [2.24, 2.45) is 5.11 Å². The average molecular weight is 364 g/mol. The molecular formula is C16H20N4O6. The number of ether oxygens (including phenoxy) is 5.